The van der Waals surface area contributed by atoms with Crippen LogP contribution in [0.1, 0.15) is 37.7 Å². The maximum absolute atomic E-state index is 13.8. The number of aliphatic hydroxyl groups excluding tert-OH is 1. The van der Waals surface area contributed by atoms with Crippen molar-refractivity contribution in [3.05, 3.63) is 54.1 Å². The topological polar surface area (TPSA) is 162 Å². The molecule has 0 aromatic heterocycles. The summed E-state index contributed by atoms with van der Waals surface area (Å²) in [6.07, 6.45) is 1.75. The first-order valence-corrected chi connectivity index (χ1v) is 14.5. The molecule has 208 valence electrons. The number of nitrogens with zero attached hydrogens (tertiary/aromatic N) is 2. The van der Waals surface area contributed by atoms with Gasteiger partial charge in [0.1, 0.15) is 6.09 Å². The molecule has 2 fully saturated rings. The molecule has 38 heavy (non-hydrogen) atoms. The molecule has 4 rings (SSSR count). The third-order valence-electron chi connectivity index (χ3n) is 7.62. The predicted molar refractivity (Wildman–Crippen MR) is 142 cm³/mol. The van der Waals surface area contributed by atoms with Crippen molar-refractivity contribution in [2.24, 2.45) is 5.92 Å². The second-order valence-corrected chi connectivity index (χ2v) is 12.2. The number of rotatable bonds is 11. The summed E-state index contributed by atoms with van der Waals surface area (Å²) >= 11 is 0. The largest absolute Gasteiger partial charge is 0.530 e. The van der Waals surface area contributed by atoms with Crippen molar-refractivity contribution in [2.45, 2.75) is 61.6 Å². The normalized spacial score (nSPS) is 20.0. The molecule has 0 unspecified atom stereocenters. The first kappa shape index (κ1) is 28.2. The zero-order valence-corrected chi connectivity index (χ0v) is 22.3. The van der Waals surface area contributed by atoms with Gasteiger partial charge in [0, 0.05) is 19.7 Å². The second kappa shape index (κ2) is 12.3. The van der Waals surface area contributed by atoms with Gasteiger partial charge in [-0.25, -0.2) is 8.42 Å². The predicted octanol–water partition coefficient (Wildman–Crippen LogP) is 1.44. The summed E-state index contributed by atoms with van der Waals surface area (Å²) in [6.45, 7) is 0.543. The molecular weight excluding hydrogens is 508 g/mol. The summed E-state index contributed by atoms with van der Waals surface area (Å²) < 4.78 is 34.3. The fourth-order valence-corrected chi connectivity index (χ4v) is 7.09. The summed E-state index contributed by atoms with van der Waals surface area (Å²) in [7, 11) is -4.06. The molecule has 1 aliphatic heterocycles. The molecule has 11 heteroatoms. The van der Waals surface area contributed by atoms with E-state index in [1.165, 1.54) is 22.5 Å². The highest BCUT2D eigenvalue weighted by molar-refractivity contribution is 7.89. The molecule has 2 aromatic carbocycles. The first-order chi connectivity index (χ1) is 18.2. The number of aliphatic hydroxyl groups is 1. The lowest BCUT2D eigenvalue weighted by Crippen LogP contribution is -2.59. The van der Waals surface area contributed by atoms with E-state index in [-0.39, 0.29) is 48.3 Å². The van der Waals surface area contributed by atoms with Crippen molar-refractivity contribution in [3.63, 3.8) is 0 Å². The second-order valence-electron chi connectivity index (χ2n) is 10.3. The first-order valence-electron chi connectivity index (χ1n) is 13.1. The van der Waals surface area contributed by atoms with Crippen molar-refractivity contribution in [1.29, 1.82) is 0 Å². The molecule has 2 aromatic rings. The van der Waals surface area contributed by atoms with Gasteiger partial charge >= 0.3 is 0 Å². The molecule has 1 saturated carbocycles. The van der Waals surface area contributed by atoms with Crippen molar-refractivity contribution in [3.8, 4) is 0 Å². The lowest BCUT2D eigenvalue weighted by atomic mass is 9.97. The molecule has 1 amide bonds. The monoisotopic (exact) mass is 545 g/mol. The van der Waals surface area contributed by atoms with Gasteiger partial charge in [-0.15, -0.1) is 0 Å². The van der Waals surface area contributed by atoms with Crippen molar-refractivity contribution >= 4 is 27.5 Å². The Morgan fingerprint density at radius 3 is 2.39 bits per heavy atom. The van der Waals surface area contributed by atoms with Crippen LogP contribution >= 0.6 is 0 Å². The molecule has 1 heterocycles. The maximum atomic E-state index is 13.8. The smallest absolute Gasteiger partial charge is 0.243 e. The number of benzene rings is 2. The summed E-state index contributed by atoms with van der Waals surface area (Å²) in [6, 6.07) is 12.0. The zero-order valence-electron chi connectivity index (χ0n) is 21.4. The number of carboxylic acid groups (broad SMARTS) is 1. The minimum absolute atomic E-state index is 0.0186. The number of nitrogen functional groups attached to an aromatic ring is 2. The third-order valence-corrected chi connectivity index (χ3v) is 9.45. The highest BCUT2D eigenvalue weighted by atomic mass is 32.2. The number of carbonyl (C=O) groups is 1. The van der Waals surface area contributed by atoms with Gasteiger partial charge in [-0.1, -0.05) is 43.2 Å². The Balaban J connectivity index is 1.67. The van der Waals surface area contributed by atoms with Crippen LogP contribution in [-0.2, 0) is 21.2 Å². The Labute approximate surface area is 224 Å². The van der Waals surface area contributed by atoms with E-state index in [0.29, 0.717) is 13.0 Å². The zero-order chi connectivity index (χ0) is 27.3. The number of hydrogen-bond donors (Lipinski definition) is 3. The molecule has 0 spiro atoms. The van der Waals surface area contributed by atoms with Crippen LogP contribution in [-0.4, -0.2) is 73.3 Å². The average molecular weight is 546 g/mol. The minimum atomic E-state index is -4.06. The molecule has 1 aliphatic carbocycles. The SMILES string of the molecule is Nc1ccc(S(=O)(=O)N(CC2CCCC2)C[C@@H](O)[C@H](Cc2ccccc2)N(C(=O)[O-])[C@H]2CCOC2)cc1N. The van der Waals surface area contributed by atoms with Gasteiger partial charge < -0.3 is 36.1 Å². The van der Waals surface area contributed by atoms with E-state index in [2.05, 4.69) is 0 Å². The highest BCUT2D eigenvalue weighted by Crippen LogP contribution is 2.30. The van der Waals surface area contributed by atoms with E-state index in [4.69, 9.17) is 16.2 Å². The van der Waals surface area contributed by atoms with E-state index in [1.54, 1.807) is 0 Å². The molecular formula is C27H37N4O6S-. The van der Waals surface area contributed by atoms with E-state index in [0.717, 1.165) is 36.1 Å². The van der Waals surface area contributed by atoms with Gasteiger partial charge in [-0.2, -0.15) is 4.31 Å². The number of anilines is 2. The average Bonchev–Trinajstić information content (AvgIpc) is 3.60. The molecule has 0 radical (unpaired) electrons. The van der Waals surface area contributed by atoms with E-state index < -0.39 is 34.3 Å². The lowest BCUT2D eigenvalue weighted by molar-refractivity contribution is -0.272. The summed E-state index contributed by atoms with van der Waals surface area (Å²) in [4.78, 5) is 13.5. The Morgan fingerprint density at radius 2 is 1.79 bits per heavy atom. The van der Waals surface area contributed by atoms with E-state index >= 15 is 0 Å². The highest BCUT2D eigenvalue weighted by Gasteiger charge is 2.37. The molecule has 1 saturated heterocycles. The Morgan fingerprint density at radius 1 is 1.08 bits per heavy atom. The molecule has 10 nitrogen and oxygen atoms in total. The van der Waals surface area contributed by atoms with Crippen LogP contribution in [0.25, 0.3) is 0 Å². The molecule has 5 N–H and O–H groups in total. The summed E-state index contributed by atoms with van der Waals surface area (Å²) in [5.74, 6) is 0.149. The Kier molecular flexibility index (Phi) is 9.14. The van der Waals surface area contributed by atoms with Crippen molar-refractivity contribution in [2.75, 3.05) is 37.8 Å². The van der Waals surface area contributed by atoms with Gasteiger partial charge in [0.15, 0.2) is 0 Å². The van der Waals surface area contributed by atoms with Gasteiger partial charge in [-0.05, 0) is 55.4 Å². The van der Waals surface area contributed by atoms with Crippen molar-refractivity contribution in [1.82, 2.24) is 9.21 Å². The van der Waals surface area contributed by atoms with Gasteiger partial charge in [0.2, 0.25) is 10.0 Å². The number of carbonyl (C=O) groups excluding carboxylic acids is 1. The number of nitrogens with two attached hydrogens (primary N) is 2. The molecule has 3 atom stereocenters. The minimum Gasteiger partial charge on any atom is -0.530 e. The van der Waals surface area contributed by atoms with Crippen LogP contribution in [0, 0.1) is 5.92 Å². The van der Waals surface area contributed by atoms with Crippen LogP contribution in [0.5, 0.6) is 0 Å². The van der Waals surface area contributed by atoms with Gasteiger partial charge in [-0.3, -0.25) is 0 Å². The maximum Gasteiger partial charge on any atom is 0.243 e. The van der Waals surface area contributed by atoms with Crippen molar-refractivity contribution < 1.29 is 28.2 Å². The number of amides is 1. The Bertz CT molecular complexity index is 1180. The van der Waals surface area contributed by atoms with Gasteiger partial charge in [0.25, 0.3) is 0 Å². The van der Waals surface area contributed by atoms with Crippen LogP contribution in [0.2, 0.25) is 0 Å². The summed E-state index contributed by atoms with van der Waals surface area (Å²) in [5, 5.41) is 23.9. The fourth-order valence-electron chi connectivity index (χ4n) is 5.52. The van der Waals surface area contributed by atoms with Crippen LogP contribution in [0.15, 0.2) is 53.4 Å². The van der Waals surface area contributed by atoms with Gasteiger partial charge in [0.05, 0.1) is 41.1 Å². The van der Waals surface area contributed by atoms with Crippen LogP contribution < -0.4 is 16.6 Å². The van der Waals surface area contributed by atoms with Crippen LogP contribution in [0.4, 0.5) is 16.2 Å². The number of hydrogen-bond acceptors (Lipinski definition) is 8. The summed E-state index contributed by atoms with van der Waals surface area (Å²) in [5.41, 5.74) is 13.0. The molecule has 0 bridgehead atoms. The molecule has 2 aliphatic rings. The standard InChI is InChI=1S/C27H38N4O6S/c28-23-11-10-22(15-24(23)29)38(35,36)30(16-20-8-4-5-9-20)17-26(32)25(14-19-6-2-1-3-7-19)31(27(33)34)21-12-13-37-18-21/h1-3,6-7,10-11,15,20-21,25-26,32H,4-5,8-9,12-14,16-18,28-29H2,(H,33,34)/p-1/t21-,25-,26+/m0/s1. The number of sulfonamides is 1. The lowest BCUT2D eigenvalue weighted by Gasteiger charge is -2.41. The van der Waals surface area contributed by atoms with E-state index in [9.17, 15) is 23.4 Å². The van der Waals surface area contributed by atoms with E-state index in [1.807, 2.05) is 30.3 Å². The number of ether oxygens (including phenoxy) is 1. The van der Waals surface area contributed by atoms with Crippen LogP contribution in [0.3, 0.4) is 0 Å². The quantitative estimate of drug-likeness (QED) is 0.357. The third kappa shape index (κ3) is 6.58. The fraction of sp³-hybridized carbons (Fsp3) is 0.519. The Hall–Kier alpha value is -2.86.